The van der Waals surface area contributed by atoms with Crippen LogP contribution in [0.4, 0.5) is 0 Å². The Morgan fingerprint density at radius 1 is 0.560 bits per heavy atom. The van der Waals surface area contributed by atoms with Crippen LogP contribution in [0.5, 0.6) is 11.5 Å². The minimum absolute atomic E-state index is 0.140. The number of hydrogen-bond acceptors (Lipinski definition) is 9. The van der Waals surface area contributed by atoms with Crippen molar-refractivity contribution in [1.29, 1.82) is 0 Å². The highest BCUT2D eigenvalue weighted by Crippen LogP contribution is 2.43. The Bertz CT molecular complexity index is 897. The molecule has 0 fully saturated rings. The molecule has 0 aliphatic rings. The fourth-order valence-corrected chi connectivity index (χ4v) is 5.45. The molecule has 0 spiro atoms. The normalized spacial score (nSPS) is 11.2. The van der Waals surface area contributed by atoms with E-state index in [-0.39, 0.29) is 23.4 Å². The van der Waals surface area contributed by atoms with Gasteiger partial charge >= 0.3 is 11.9 Å². The van der Waals surface area contributed by atoms with Gasteiger partial charge in [0, 0.05) is 30.6 Å². The number of esters is 2. The van der Waals surface area contributed by atoms with E-state index in [4.69, 9.17) is 19.8 Å². The summed E-state index contributed by atoms with van der Waals surface area (Å²) in [6, 6.07) is 3.31. The molecule has 50 heavy (non-hydrogen) atoms. The SMILES string of the molecule is CCCCCCOC(=O)CCCC(C)(C)c1cc(O)c(C(C)(C)CCCC(=O)OCCCCCC)cc1O.CCCCCCOO.CCCO. The van der Waals surface area contributed by atoms with Crippen molar-refractivity contribution in [2.75, 3.05) is 26.4 Å². The van der Waals surface area contributed by atoms with E-state index in [0.717, 1.165) is 70.6 Å². The monoisotopic (exact) mass is 713 g/mol. The van der Waals surface area contributed by atoms with Crippen LogP contribution in [-0.2, 0) is 34.8 Å². The minimum Gasteiger partial charge on any atom is -0.508 e. The summed E-state index contributed by atoms with van der Waals surface area (Å²) in [5.74, 6) is -0.0783. The van der Waals surface area contributed by atoms with Crippen LogP contribution in [0, 0.1) is 0 Å². The van der Waals surface area contributed by atoms with Crippen LogP contribution in [0.3, 0.4) is 0 Å². The molecule has 1 aromatic carbocycles. The van der Waals surface area contributed by atoms with Gasteiger partial charge in [-0.05, 0) is 74.3 Å². The van der Waals surface area contributed by atoms with Gasteiger partial charge in [-0.2, -0.15) is 0 Å². The summed E-state index contributed by atoms with van der Waals surface area (Å²) in [7, 11) is 0. The third kappa shape index (κ3) is 25.6. The number of phenols is 2. The van der Waals surface area contributed by atoms with Crippen LogP contribution >= 0.6 is 0 Å². The number of rotatable bonds is 26. The van der Waals surface area contributed by atoms with Crippen molar-refractivity contribution in [3.8, 4) is 11.5 Å². The Morgan fingerprint density at radius 3 is 1.20 bits per heavy atom. The van der Waals surface area contributed by atoms with Crippen molar-refractivity contribution in [3.05, 3.63) is 23.3 Å². The van der Waals surface area contributed by atoms with E-state index >= 15 is 0 Å². The molecule has 294 valence electrons. The molecule has 0 amide bonds. The van der Waals surface area contributed by atoms with E-state index in [9.17, 15) is 19.8 Å². The molecular weight excluding hydrogens is 636 g/mol. The highest BCUT2D eigenvalue weighted by atomic mass is 17.1. The van der Waals surface area contributed by atoms with Crippen molar-refractivity contribution in [3.63, 3.8) is 0 Å². The number of unbranched alkanes of at least 4 members (excludes halogenated alkanes) is 9. The molecule has 0 saturated carbocycles. The molecule has 0 atom stereocenters. The smallest absolute Gasteiger partial charge is 0.305 e. The first kappa shape index (κ1) is 49.8. The summed E-state index contributed by atoms with van der Waals surface area (Å²) in [4.78, 5) is 28.0. The fourth-order valence-electron chi connectivity index (χ4n) is 5.45. The Morgan fingerprint density at radius 2 is 0.900 bits per heavy atom. The van der Waals surface area contributed by atoms with Gasteiger partial charge in [0.05, 0.1) is 19.8 Å². The summed E-state index contributed by atoms with van der Waals surface area (Å²) >= 11 is 0. The highest BCUT2D eigenvalue weighted by Gasteiger charge is 2.30. The third-order valence-corrected chi connectivity index (χ3v) is 8.77. The molecule has 0 aliphatic carbocycles. The van der Waals surface area contributed by atoms with E-state index in [2.05, 4.69) is 25.7 Å². The van der Waals surface area contributed by atoms with E-state index in [0.29, 0.717) is 76.1 Å². The van der Waals surface area contributed by atoms with E-state index in [1.807, 2.05) is 34.6 Å². The van der Waals surface area contributed by atoms with Gasteiger partial charge in [-0.1, -0.05) is 113 Å². The molecular formula is C41H76O9. The molecule has 0 bridgehead atoms. The molecule has 1 rings (SSSR count). The predicted molar refractivity (Wildman–Crippen MR) is 204 cm³/mol. The molecule has 0 aromatic heterocycles. The number of phenolic OH excluding ortho intramolecular Hbond substituents is 2. The summed E-state index contributed by atoms with van der Waals surface area (Å²) in [5.41, 5.74) is 0.474. The highest BCUT2D eigenvalue weighted by molar-refractivity contribution is 5.69. The Labute approximate surface area is 305 Å². The van der Waals surface area contributed by atoms with Gasteiger partial charge in [0.15, 0.2) is 0 Å². The van der Waals surface area contributed by atoms with Gasteiger partial charge in [-0.25, -0.2) is 4.89 Å². The van der Waals surface area contributed by atoms with Gasteiger partial charge in [0.25, 0.3) is 0 Å². The summed E-state index contributed by atoms with van der Waals surface area (Å²) in [6.07, 6.45) is 17.4. The van der Waals surface area contributed by atoms with Gasteiger partial charge in [-0.3, -0.25) is 14.8 Å². The lowest BCUT2D eigenvalue weighted by atomic mass is 9.75. The first-order valence-corrected chi connectivity index (χ1v) is 19.5. The maximum absolute atomic E-state index is 12.1. The molecule has 9 nitrogen and oxygen atoms in total. The van der Waals surface area contributed by atoms with Crippen molar-refractivity contribution in [2.24, 2.45) is 0 Å². The topological polar surface area (TPSA) is 143 Å². The van der Waals surface area contributed by atoms with Crippen LogP contribution in [-0.4, -0.2) is 58.9 Å². The Hall–Kier alpha value is -2.36. The van der Waals surface area contributed by atoms with E-state index in [1.54, 1.807) is 12.1 Å². The van der Waals surface area contributed by atoms with Crippen molar-refractivity contribution in [1.82, 2.24) is 0 Å². The minimum atomic E-state index is -0.424. The number of benzene rings is 1. The number of ether oxygens (including phenoxy) is 2. The average Bonchev–Trinajstić information content (AvgIpc) is 3.07. The first-order valence-electron chi connectivity index (χ1n) is 19.5. The largest absolute Gasteiger partial charge is 0.508 e. The second kappa shape index (κ2) is 31.4. The van der Waals surface area contributed by atoms with Gasteiger partial charge in [0.2, 0.25) is 0 Å². The van der Waals surface area contributed by atoms with Crippen molar-refractivity contribution >= 4 is 11.9 Å². The van der Waals surface area contributed by atoms with Crippen molar-refractivity contribution < 1.29 is 44.5 Å². The molecule has 0 aliphatic heterocycles. The van der Waals surface area contributed by atoms with Crippen LogP contribution < -0.4 is 0 Å². The number of carbonyl (C=O) groups excluding carboxylic acids is 2. The first-order chi connectivity index (χ1) is 23.8. The molecule has 0 heterocycles. The fraction of sp³-hybridized carbons (Fsp3) is 0.805. The number of aromatic hydroxyl groups is 2. The zero-order chi connectivity index (χ0) is 38.3. The standard InChI is InChI=1S/C32H54O6.C6H14O2.C3H8O/c1-7-9-11-13-21-37-29(35)17-15-19-31(3,4)25-23-28(34)26(24-27(25)33)32(5,6)20-16-18-30(36)38-22-14-12-10-8-2;1-2-3-4-5-6-8-7;1-2-3-4/h23-24,33-34H,7-22H2,1-6H3;7H,2-6H2,1H3;4H,2-3H2,1H3. The number of hydrogen-bond donors (Lipinski definition) is 4. The van der Waals surface area contributed by atoms with Crippen molar-refractivity contribution in [2.45, 2.75) is 188 Å². The van der Waals surface area contributed by atoms with Gasteiger partial charge in [0.1, 0.15) is 11.5 Å². The summed E-state index contributed by atoms with van der Waals surface area (Å²) < 4.78 is 10.7. The lowest BCUT2D eigenvalue weighted by molar-refractivity contribution is -0.242. The van der Waals surface area contributed by atoms with E-state index < -0.39 is 10.8 Å². The quantitative estimate of drug-likeness (QED) is 0.0242. The van der Waals surface area contributed by atoms with Crippen LogP contribution in [0.2, 0.25) is 0 Å². The summed E-state index contributed by atoms with van der Waals surface area (Å²) in [6.45, 7) is 18.2. The predicted octanol–water partition coefficient (Wildman–Crippen LogP) is 10.7. The lowest BCUT2D eigenvalue weighted by Gasteiger charge is -2.30. The zero-order valence-corrected chi connectivity index (χ0v) is 33.2. The maximum atomic E-state index is 12.1. The van der Waals surface area contributed by atoms with Gasteiger partial charge < -0.3 is 24.8 Å². The molecule has 0 saturated heterocycles. The average molecular weight is 713 g/mol. The Kier molecular flexibility index (Phi) is 31.2. The number of aliphatic hydroxyl groups excluding tert-OH is 1. The molecule has 0 unspecified atom stereocenters. The molecule has 1 aromatic rings. The van der Waals surface area contributed by atoms with E-state index in [1.165, 1.54) is 12.8 Å². The van der Waals surface area contributed by atoms with Crippen LogP contribution in [0.15, 0.2) is 12.1 Å². The Balaban J connectivity index is 0. The van der Waals surface area contributed by atoms with Gasteiger partial charge in [-0.15, -0.1) is 0 Å². The zero-order valence-electron chi connectivity index (χ0n) is 33.2. The summed E-state index contributed by atoms with van der Waals surface area (Å²) in [5, 5.41) is 37.6. The maximum Gasteiger partial charge on any atom is 0.305 e. The van der Waals surface area contributed by atoms with Crippen LogP contribution in [0.25, 0.3) is 0 Å². The second-order valence-corrected chi connectivity index (χ2v) is 14.5. The third-order valence-electron chi connectivity index (χ3n) is 8.77. The molecule has 0 radical (unpaired) electrons. The molecule has 4 N–H and O–H groups in total. The number of aliphatic hydroxyl groups is 1. The second-order valence-electron chi connectivity index (χ2n) is 14.5. The van der Waals surface area contributed by atoms with Crippen LogP contribution in [0.1, 0.15) is 189 Å². The molecule has 9 heteroatoms. The lowest BCUT2D eigenvalue weighted by Crippen LogP contribution is -2.21. The number of carbonyl (C=O) groups is 2.